The maximum atomic E-state index is 13.1. The minimum absolute atomic E-state index is 0. The van der Waals surface area contributed by atoms with Crippen molar-refractivity contribution >= 4 is 118 Å². The maximum Gasteiger partial charge on any atom is 2.00 e. The Labute approximate surface area is 601 Å². The molecule has 0 unspecified atom stereocenters. The minimum Gasteiger partial charge on any atom is -1.00 e. The van der Waals surface area contributed by atoms with E-state index < -0.39 is 83.0 Å². The third-order valence-electron chi connectivity index (χ3n) is 10.3. The second kappa shape index (κ2) is 51.1. The van der Waals surface area contributed by atoms with Crippen molar-refractivity contribution in [2.75, 3.05) is 53.9 Å². The molecular formula is C59H61BrCl3F4MgN10O15PdS-. The van der Waals surface area contributed by atoms with Crippen LogP contribution in [0.1, 0.15) is 70.2 Å². The molecule has 1 heterocycles. The number of carboxylic acid groups (broad SMARTS) is 2. The van der Waals surface area contributed by atoms with E-state index in [4.69, 9.17) is 31.2 Å². The quantitative estimate of drug-likeness (QED) is 0.0112. The number of nitrogens with one attached hydrogen (secondary N) is 1. The molecule has 0 bridgehead atoms. The van der Waals surface area contributed by atoms with Crippen LogP contribution in [-0.2, 0) is 44.2 Å². The number of nitrogens with zero attached hydrogens (tertiary/aromatic N) is 7. The summed E-state index contributed by atoms with van der Waals surface area (Å²) in [5, 5.41) is 52.8. The van der Waals surface area contributed by atoms with E-state index in [0.717, 1.165) is 52.6 Å². The van der Waals surface area contributed by atoms with Crippen molar-refractivity contribution in [2.24, 2.45) is 0 Å². The summed E-state index contributed by atoms with van der Waals surface area (Å²) >= 11 is 0. The van der Waals surface area contributed by atoms with Crippen LogP contribution >= 0.6 is 33.8 Å². The maximum absolute atomic E-state index is 13.1. The van der Waals surface area contributed by atoms with Gasteiger partial charge in [-0.25, -0.2) is 51.6 Å². The molecule has 0 fully saturated rings. The van der Waals surface area contributed by atoms with Gasteiger partial charge in [0.05, 0.1) is 77.4 Å². The van der Waals surface area contributed by atoms with Crippen LogP contribution in [0.4, 0.5) is 40.3 Å². The Hall–Kier alpha value is -8.32. The molecule has 0 aliphatic heterocycles. The first kappa shape index (κ1) is 95.4. The molecule has 0 radical (unpaired) electrons. The molecule has 512 valence electrons. The summed E-state index contributed by atoms with van der Waals surface area (Å²) in [6, 6.07) is 43.6. The van der Waals surface area contributed by atoms with E-state index in [0.29, 0.717) is 28.6 Å². The monoisotopic (exact) mass is 1570 g/mol. The second-order valence-electron chi connectivity index (χ2n) is 16.6. The van der Waals surface area contributed by atoms with Gasteiger partial charge in [0.2, 0.25) is 9.23 Å². The van der Waals surface area contributed by atoms with Gasteiger partial charge in [0.15, 0.2) is 11.5 Å². The average molecular weight is 1580 g/mol. The number of hydrogen-bond donors (Lipinski definition) is 5. The number of halogens is 8. The Morgan fingerprint density at radius 3 is 1.44 bits per heavy atom. The molecular weight excluding hydrogens is 1510 g/mol. The van der Waals surface area contributed by atoms with Gasteiger partial charge in [0.25, 0.3) is 23.2 Å². The largest absolute Gasteiger partial charge is 2.00 e. The number of anilines is 2. The number of ketones is 1. The van der Waals surface area contributed by atoms with Crippen LogP contribution in [0.2, 0.25) is 0 Å². The summed E-state index contributed by atoms with van der Waals surface area (Å²) < 4.78 is 61.9. The number of carbonyl (C=O) groups is 5. The minimum atomic E-state index is -1.67. The number of nitrogen functional groups attached to an aromatic ring is 2. The van der Waals surface area contributed by atoms with Crippen molar-refractivity contribution in [3.05, 3.63) is 266 Å². The Kier molecular flexibility index (Phi) is 51.3. The molecule has 0 saturated heterocycles. The Bertz CT molecular complexity index is 3700. The van der Waals surface area contributed by atoms with Gasteiger partial charge >= 0.3 is 35.0 Å². The van der Waals surface area contributed by atoms with Gasteiger partial charge in [-0.1, -0.05) is 36.4 Å². The van der Waals surface area contributed by atoms with Crippen LogP contribution in [-0.4, -0.2) is 139 Å². The molecule has 7 N–H and O–H groups in total. The number of nitro benzene ring substituents is 2. The molecule has 0 atom stereocenters. The van der Waals surface area contributed by atoms with E-state index in [2.05, 4.69) is 52.5 Å². The predicted octanol–water partition coefficient (Wildman–Crippen LogP) is 8.27. The normalized spacial score (nSPS) is 9.11. The van der Waals surface area contributed by atoms with Gasteiger partial charge in [0, 0.05) is 105 Å². The number of amides is 2. The van der Waals surface area contributed by atoms with Crippen molar-refractivity contribution in [2.45, 2.75) is 6.92 Å². The molecule has 2 amide bonds. The van der Waals surface area contributed by atoms with E-state index in [1.54, 1.807) is 69.6 Å². The molecule has 8 aromatic rings. The summed E-state index contributed by atoms with van der Waals surface area (Å²) in [6.45, 7) is 1.72. The number of nitriles is 1. The van der Waals surface area contributed by atoms with Crippen molar-refractivity contribution < 1.29 is 119 Å². The summed E-state index contributed by atoms with van der Waals surface area (Å²) in [5.74, 6) is -6.61. The van der Waals surface area contributed by atoms with E-state index in [1.165, 1.54) is 63.3 Å². The van der Waals surface area contributed by atoms with E-state index in [9.17, 15) is 61.8 Å². The molecule has 36 heteroatoms. The van der Waals surface area contributed by atoms with Gasteiger partial charge in [-0.2, -0.15) is 46.8 Å². The standard InChI is InChI=1S/C13H10FNO.C12H9N3O2.C9H9FN2O4.C9H11FN2O2.C7H4FNO4.C6H5.C2H7NO.CH3.BrH.Cl2OS.ClH.Mg.Pd.H2/c14-11-6-10(7-12(15)8-11)13(16)9-4-2-1-3-5-9;1-8-5-11(12(16)17)15(14-8)10-4-2-3-9(6-10)7-13;1-11(16-2)9(13)6-3-7(10)5-8(4-6)12(14)15;1-12(14-2)9(13)6-3-7(10)5-8(11)4-6;8-5-1-4(7(10)11)2-6(3-5)9(12)13;1-2-4-6-5-3-1;1-3-4-2;;;1-4(2)3;;;;/h1-8H,15H2;2-6H,1H3,(H,16,17);3-5H,1-2H3;3-5H,11H2,1-2H3;1-3H,(H,10,11);1-5H;3H,1-2H3;1H3;1H;;1H;;;1H/q;;;;;-1;;-1;;;;+2;;/p-1. The summed E-state index contributed by atoms with van der Waals surface area (Å²) in [7, 11) is 16.0. The van der Waals surface area contributed by atoms with Crippen LogP contribution in [0.3, 0.4) is 0 Å². The van der Waals surface area contributed by atoms with Gasteiger partial charge < -0.3 is 50.9 Å². The second-order valence-corrected chi connectivity index (χ2v) is 19.2. The number of rotatable bonds is 12. The smallest absolute Gasteiger partial charge is 1.00 e. The molecule has 7 aromatic carbocycles. The van der Waals surface area contributed by atoms with Crippen LogP contribution in [0.15, 0.2) is 164 Å². The van der Waals surface area contributed by atoms with Gasteiger partial charge in [-0.3, -0.25) is 44.3 Å². The number of carbonyl (C=O) groups excluding carboxylic acids is 3. The number of non-ortho nitro benzene ring substituents is 2. The number of aromatic nitrogens is 2. The molecule has 0 aliphatic carbocycles. The number of carboxylic acids is 2. The number of aromatic carboxylic acids is 2. The fraction of sp³-hybridized carbons (Fsp3) is 0.119. The fourth-order valence-corrected chi connectivity index (χ4v) is 6.27. The number of hydrogen-bond acceptors (Lipinski definition) is 18. The Balaban J connectivity index is -0.000000247. The zero-order chi connectivity index (χ0) is 68.2. The summed E-state index contributed by atoms with van der Waals surface area (Å²) in [4.78, 5) is 88.8. The SMILES string of the molecule is CNOC.CON(C)C(=O)c1cc(F)cc([N+](=O)[O-])c1.CON(C)C(=O)c1cc(N)cc(F)c1.Cc1cc(C(=O)O)n(-c2cccc(C#N)c2)n1.Cl.Nc1cc(F)cc(C(=O)c2ccccc2)c1.O=C(O)c1cc(F)cc([N+](=O)[O-])c1.O=S(Cl)Cl.[Br-].[CH3-].[HH].[Mg+2].[Pd].[c-]1ccccc1. The Morgan fingerprint density at radius 1 is 0.674 bits per heavy atom. The van der Waals surface area contributed by atoms with Crippen molar-refractivity contribution in [3.63, 3.8) is 0 Å². The summed E-state index contributed by atoms with van der Waals surface area (Å²) in [6.07, 6.45) is 0. The van der Waals surface area contributed by atoms with Crippen molar-refractivity contribution in [3.8, 4) is 11.8 Å². The van der Waals surface area contributed by atoms with Gasteiger partial charge in [0.1, 0.15) is 23.3 Å². The average Bonchev–Trinajstić information content (AvgIpc) is 1.61. The van der Waals surface area contributed by atoms with E-state index >= 15 is 0 Å². The van der Waals surface area contributed by atoms with Crippen molar-refractivity contribution in [1.29, 1.82) is 5.26 Å². The van der Waals surface area contributed by atoms with Crippen LogP contribution < -0.4 is 33.9 Å². The number of hydroxylamine groups is 5. The molecule has 0 saturated carbocycles. The van der Waals surface area contributed by atoms with Gasteiger partial charge in [-0.05, 0) is 79.7 Å². The van der Waals surface area contributed by atoms with Crippen LogP contribution in [0.5, 0.6) is 0 Å². The predicted molar refractivity (Wildman–Crippen MR) is 345 cm³/mol. The zero-order valence-electron chi connectivity index (χ0n) is 51.1. The van der Waals surface area contributed by atoms with Gasteiger partial charge in [-0.15, -0.1) is 12.4 Å². The Morgan fingerprint density at radius 2 is 1.07 bits per heavy atom. The first-order valence-electron chi connectivity index (χ1n) is 24.6. The first-order chi connectivity index (χ1) is 42.4. The third-order valence-corrected chi connectivity index (χ3v) is 10.3. The number of nitro groups is 2. The fourth-order valence-electron chi connectivity index (χ4n) is 6.27. The number of benzene rings is 7. The first-order valence-corrected chi connectivity index (χ1v) is 27.4. The molecule has 8 rings (SSSR count). The number of aryl methyl sites for hydroxylation is 1. The molecule has 0 aliphatic rings. The number of nitrogens with two attached hydrogens (primary N) is 2. The zero-order valence-corrected chi connectivity index (χ0v) is 58.8. The summed E-state index contributed by atoms with van der Waals surface area (Å²) in [5.41, 5.74) is 14.8. The van der Waals surface area contributed by atoms with Crippen molar-refractivity contribution in [1.82, 2.24) is 25.4 Å². The molecule has 95 heavy (non-hydrogen) atoms. The van der Waals surface area contributed by atoms with E-state index in [-0.39, 0.29) is 121 Å². The topological polar surface area (TPSA) is 369 Å². The van der Waals surface area contributed by atoms with Crippen LogP contribution in [0.25, 0.3) is 5.69 Å². The molecule has 1 aromatic heterocycles. The molecule has 0 spiro atoms. The van der Waals surface area contributed by atoms with Crippen LogP contribution in [0, 0.1) is 75.2 Å². The third kappa shape index (κ3) is 37.4. The van der Waals surface area contributed by atoms with E-state index in [1.807, 2.05) is 42.5 Å². The molecule has 25 nitrogen and oxygen atoms in total.